The molecule has 1 aliphatic rings. The van der Waals surface area contributed by atoms with Crippen molar-refractivity contribution in [1.29, 1.82) is 0 Å². The van der Waals surface area contributed by atoms with Crippen LogP contribution in [0.2, 0.25) is 0 Å². The van der Waals surface area contributed by atoms with Crippen LogP contribution in [-0.4, -0.2) is 21.5 Å². The lowest BCUT2D eigenvalue weighted by Crippen LogP contribution is -2.29. The third kappa shape index (κ3) is 2.46. The number of thiocarbonyl (C=S) groups is 1. The van der Waals surface area contributed by atoms with Crippen molar-refractivity contribution in [1.82, 2.24) is 9.88 Å². The first kappa shape index (κ1) is 12.2. The quantitative estimate of drug-likeness (QED) is 0.831. The SMILES string of the molecule is NC(=S)c1cccc2c1ccn2CC(=O)NC1CC1. The van der Waals surface area contributed by atoms with Crippen molar-refractivity contribution in [2.45, 2.75) is 25.4 Å². The van der Waals surface area contributed by atoms with E-state index in [4.69, 9.17) is 18.0 Å². The van der Waals surface area contributed by atoms with Gasteiger partial charge in [-0.2, -0.15) is 0 Å². The molecule has 1 aliphatic carbocycles. The number of nitrogens with one attached hydrogen (secondary N) is 1. The number of hydrogen-bond acceptors (Lipinski definition) is 2. The Morgan fingerprint density at radius 3 is 2.89 bits per heavy atom. The lowest BCUT2D eigenvalue weighted by atomic mass is 10.1. The summed E-state index contributed by atoms with van der Waals surface area (Å²) in [7, 11) is 0. The second-order valence-corrected chi connectivity index (χ2v) is 5.33. The van der Waals surface area contributed by atoms with E-state index in [0.29, 0.717) is 17.6 Å². The molecule has 2 aromatic rings. The summed E-state index contributed by atoms with van der Waals surface area (Å²) in [5.74, 6) is 0.0562. The Morgan fingerprint density at radius 1 is 1.42 bits per heavy atom. The van der Waals surface area contributed by atoms with Crippen LogP contribution >= 0.6 is 12.2 Å². The largest absolute Gasteiger partial charge is 0.389 e. The van der Waals surface area contributed by atoms with Crippen LogP contribution < -0.4 is 11.1 Å². The number of carbonyl (C=O) groups is 1. The fraction of sp³-hybridized carbons (Fsp3) is 0.286. The first-order chi connectivity index (χ1) is 9.15. The van der Waals surface area contributed by atoms with Gasteiger partial charge in [0.2, 0.25) is 5.91 Å². The number of rotatable bonds is 4. The zero-order valence-corrected chi connectivity index (χ0v) is 11.2. The zero-order chi connectivity index (χ0) is 13.4. The monoisotopic (exact) mass is 273 g/mol. The van der Waals surface area contributed by atoms with Crippen molar-refractivity contribution in [3.05, 3.63) is 36.0 Å². The summed E-state index contributed by atoms with van der Waals surface area (Å²) in [6.07, 6.45) is 4.10. The number of fused-ring (bicyclic) bond motifs is 1. The predicted octanol–water partition coefficient (Wildman–Crippen LogP) is 1.55. The molecule has 3 N–H and O–H groups in total. The average molecular weight is 273 g/mol. The highest BCUT2D eigenvalue weighted by molar-refractivity contribution is 7.80. The summed E-state index contributed by atoms with van der Waals surface area (Å²) in [5, 5.41) is 3.98. The highest BCUT2D eigenvalue weighted by Gasteiger charge is 2.23. The first-order valence-corrected chi connectivity index (χ1v) is 6.73. The molecular formula is C14H15N3OS. The standard InChI is InChI=1S/C14H15N3OS/c15-14(19)11-2-1-3-12-10(11)6-7-17(12)8-13(18)16-9-4-5-9/h1-3,6-7,9H,4-5,8H2,(H2,15,19)(H,16,18). The maximum Gasteiger partial charge on any atom is 0.240 e. The minimum absolute atomic E-state index is 0.0562. The maximum absolute atomic E-state index is 11.8. The van der Waals surface area contributed by atoms with Crippen molar-refractivity contribution in [2.75, 3.05) is 0 Å². The predicted molar refractivity (Wildman–Crippen MR) is 79.0 cm³/mol. The van der Waals surface area contributed by atoms with Gasteiger partial charge in [0, 0.05) is 28.7 Å². The molecule has 1 saturated carbocycles. The fourth-order valence-corrected chi connectivity index (χ4v) is 2.41. The van der Waals surface area contributed by atoms with Crippen LogP contribution in [0.25, 0.3) is 10.9 Å². The smallest absolute Gasteiger partial charge is 0.240 e. The molecule has 0 spiro atoms. The third-order valence-corrected chi connectivity index (χ3v) is 3.56. The Labute approximate surface area is 116 Å². The topological polar surface area (TPSA) is 60.0 Å². The zero-order valence-electron chi connectivity index (χ0n) is 10.4. The molecule has 0 bridgehead atoms. The minimum atomic E-state index is 0.0562. The van der Waals surface area contributed by atoms with E-state index in [0.717, 1.165) is 29.3 Å². The number of nitrogens with zero attached hydrogens (tertiary/aromatic N) is 1. The average Bonchev–Trinajstić information content (AvgIpc) is 3.09. The molecule has 1 heterocycles. The van der Waals surface area contributed by atoms with Crippen LogP contribution in [0, 0.1) is 0 Å². The first-order valence-electron chi connectivity index (χ1n) is 6.32. The second-order valence-electron chi connectivity index (χ2n) is 4.89. The van der Waals surface area contributed by atoms with Gasteiger partial charge in [0.15, 0.2) is 0 Å². The van der Waals surface area contributed by atoms with E-state index in [-0.39, 0.29) is 5.91 Å². The Bertz CT molecular complexity index is 658. The maximum atomic E-state index is 11.8. The van der Waals surface area contributed by atoms with E-state index in [1.54, 1.807) is 0 Å². The van der Waals surface area contributed by atoms with Gasteiger partial charge in [0.05, 0.1) is 0 Å². The molecule has 0 radical (unpaired) electrons. The highest BCUT2D eigenvalue weighted by atomic mass is 32.1. The van der Waals surface area contributed by atoms with Crippen LogP contribution in [0.4, 0.5) is 0 Å². The van der Waals surface area contributed by atoms with Gasteiger partial charge in [0.25, 0.3) is 0 Å². The van der Waals surface area contributed by atoms with E-state index < -0.39 is 0 Å². The molecule has 0 aliphatic heterocycles. The van der Waals surface area contributed by atoms with Gasteiger partial charge in [0.1, 0.15) is 11.5 Å². The molecule has 1 aromatic carbocycles. The molecule has 0 atom stereocenters. The van der Waals surface area contributed by atoms with Gasteiger partial charge in [-0.25, -0.2) is 0 Å². The number of hydrogen-bond donors (Lipinski definition) is 2. The van der Waals surface area contributed by atoms with Crippen molar-refractivity contribution < 1.29 is 4.79 Å². The Balaban J connectivity index is 1.89. The summed E-state index contributed by atoms with van der Waals surface area (Å²) in [6, 6.07) is 8.13. The summed E-state index contributed by atoms with van der Waals surface area (Å²) in [4.78, 5) is 12.2. The molecule has 98 valence electrons. The Kier molecular flexibility index (Phi) is 2.98. The van der Waals surface area contributed by atoms with Gasteiger partial charge in [-0.3, -0.25) is 4.79 Å². The van der Waals surface area contributed by atoms with Crippen molar-refractivity contribution >= 4 is 34.0 Å². The normalized spacial score (nSPS) is 14.5. The summed E-state index contributed by atoms with van der Waals surface area (Å²) in [5.41, 5.74) is 7.55. The van der Waals surface area contributed by atoms with E-state index >= 15 is 0 Å². The fourth-order valence-electron chi connectivity index (χ4n) is 2.23. The summed E-state index contributed by atoms with van der Waals surface area (Å²) >= 11 is 5.04. The van der Waals surface area contributed by atoms with E-state index in [9.17, 15) is 4.79 Å². The van der Waals surface area contributed by atoms with E-state index in [1.165, 1.54) is 0 Å². The third-order valence-electron chi connectivity index (χ3n) is 3.34. The second kappa shape index (κ2) is 4.66. The number of aromatic nitrogens is 1. The van der Waals surface area contributed by atoms with Crippen LogP contribution in [0.5, 0.6) is 0 Å². The van der Waals surface area contributed by atoms with Crippen LogP contribution in [0.1, 0.15) is 18.4 Å². The van der Waals surface area contributed by atoms with Gasteiger partial charge in [-0.1, -0.05) is 24.4 Å². The molecule has 1 fully saturated rings. The molecule has 0 saturated heterocycles. The molecular weight excluding hydrogens is 258 g/mol. The lowest BCUT2D eigenvalue weighted by molar-refractivity contribution is -0.121. The summed E-state index contributed by atoms with van der Waals surface area (Å²) < 4.78 is 1.93. The van der Waals surface area contributed by atoms with Crippen LogP contribution in [-0.2, 0) is 11.3 Å². The van der Waals surface area contributed by atoms with Gasteiger partial charge < -0.3 is 15.6 Å². The highest BCUT2D eigenvalue weighted by Crippen LogP contribution is 2.21. The Hall–Kier alpha value is -1.88. The molecule has 19 heavy (non-hydrogen) atoms. The molecule has 4 nitrogen and oxygen atoms in total. The Morgan fingerprint density at radius 2 is 2.21 bits per heavy atom. The lowest BCUT2D eigenvalue weighted by Gasteiger charge is -2.07. The van der Waals surface area contributed by atoms with Crippen molar-refractivity contribution in [3.63, 3.8) is 0 Å². The summed E-state index contributed by atoms with van der Waals surface area (Å²) in [6.45, 7) is 0.334. The number of benzene rings is 1. The molecule has 0 unspecified atom stereocenters. The molecule has 1 aromatic heterocycles. The van der Waals surface area contributed by atoms with Crippen molar-refractivity contribution in [3.8, 4) is 0 Å². The molecule has 5 heteroatoms. The van der Waals surface area contributed by atoms with Crippen LogP contribution in [0.3, 0.4) is 0 Å². The van der Waals surface area contributed by atoms with Gasteiger partial charge in [-0.05, 0) is 25.0 Å². The molecule has 3 rings (SSSR count). The number of carbonyl (C=O) groups excluding carboxylic acids is 1. The van der Waals surface area contributed by atoms with E-state index in [2.05, 4.69) is 5.32 Å². The number of nitrogens with two attached hydrogens (primary N) is 1. The van der Waals surface area contributed by atoms with Crippen LogP contribution in [0.15, 0.2) is 30.5 Å². The minimum Gasteiger partial charge on any atom is -0.389 e. The van der Waals surface area contributed by atoms with Gasteiger partial charge in [-0.15, -0.1) is 0 Å². The van der Waals surface area contributed by atoms with Gasteiger partial charge >= 0.3 is 0 Å². The van der Waals surface area contributed by atoms with Crippen molar-refractivity contribution in [2.24, 2.45) is 5.73 Å². The van der Waals surface area contributed by atoms with E-state index in [1.807, 2.05) is 35.0 Å². The number of amides is 1. The molecule has 1 amide bonds.